The molecule has 140 valence electrons. The summed E-state index contributed by atoms with van der Waals surface area (Å²) >= 11 is 0. The number of nitrogens with zero attached hydrogens (tertiary/aromatic N) is 2. The van der Waals surface area contributed by atoms with E-state index in [1.54, 1.807) is 4.90 Å². The molecular weight excluding hydrogens is 326 g/mol. The summed E-state index contributed by atoms with van der Waals surface area (Å²) in [5, 5.41) is 5.93. The molecule has 2 heterocycles. The van der Waals surface area contributed by atoms with E-state index >= 15 is 0 Å². The summed E-state index contributed by atoms with van der Waals surface area (Å²) in [6.45, 7) is 11.4. The van der Waals surface area contributed by atoms with Crippen LogP contribution in [0.5, 0.6) is 0 Å². The minimum Gasteiger partial charge on any atom is -0.444 e. The third-order valence-corrected chi connectivity index (χ3v) is 4.93. The number of fused-ring (bicyclic) bond motifs is 1. The van der Waals surface area contributed by atoms with Crippen molar-refractivity contribution < 1.29 is 9.53 Å². The van der Waals surface area contributed by atoms with Crippen LogP contribution in [0.4, 0.5) is 10.6 Å². The average Bonchev–Trinajstić information content (AvgIpc) is 2.55. The molecule has 1 fully saturated rings. The van der Waals surface area contributed by atoms with Gasteiger partial charge in [0.15, 0.2) is 0 Å². The van der Waals surface area contributed by atoms with Crippen molar-refractivity contribution >= 4 is 22.7 Å². The van der Waals surface area contributed by atoms with Gasteiger partial charge in [-0.1, -0.05) is 25.1 Å². The van der Waals surface area contributed by atoms with Gasteiger partial charge in [0.25, 0.3) is 0 Å². The van der Waals surface area contributed by atoms with Crippen LogP contribution in [0.1, 0.15) is 39.7 Å². The predicted octanol–water partition coefficient (Wildman–Crippen LogP) is 4.60. The van der Waals surface area contributed by atoms with Crippen molar-refractivity contribution in [1.29, 1.82) is 0 Å². The highest BCUT2D eigenvalue weighted by atomic mass is 16.6. The lowest BCUT2D eigenvalue weighted by Gasteiger charge is -2.38. The minimum atomic E-state index is -0.475. The Labute approximate surface area is 155 Å². The zero-order valence-electron chi connectivity index (χ0n) is 16.4. The number of benzene rings is 1. The highest BCUT2D eigenvalue weighted by Gasteiger charge is 2.31. The number of carbonyl (C=O) groups excluding carboxylic acids is 1. The van der Waals surface area contributed by atoms with E-state index in [1.165, 1.54) is 10.9 Å². The molecule has 3 rings (SSSR count). The fraction of sp³-hybridized carbons (Fsp3) is 0.524. The Morgan fingerprint density at radius 3 is 2.81 bits per heavy atom. The van der Waals surface area contributed by atoms with E-state index in [2.05, 4.69) is 42.3 Å². The van der Waals surface area contributed by atoms with E-state index < -0.39 is 5.60 Å². The summed E-state index contributed by atoms with van der Waals surface area (Å²) in [6, 6.07) is 8.45. The van der Waals surface area contributed by atoms with Crippen molar-refractivity contribution in [2.45, 2.75) is 52.7 Å². The first kappa shape index (κ1) is 18.5. The van der Waals surface area contributed by atoms with Crippen LogP contribution >= 0.6 is 0 Å². The summed E-state index contributed by atoms with van der Waals surface area (Å²) in [6.07, 6.45) is 2.54. The van der Waals surface area contributed by atoms with Gasteiger partial charge < -0.3 is 15.0 Å². The van der Waals surface area contributed by atoms with Crippen molar-refractivity contribution in [2.75, 3.05) is 18.4 Å². The van der Waals surface area contributed by atoms with Gasteiger partial charge in [0.1, 0.15) is 11.4 Å². The Kier molecular flexibility index (Phi) is 5.08. The summed E-state index contributed by atoms with van der Waals surface area (Å²) in [5.41, 5.74) is 0.725. The zero-order chi connectivity index (χ0) is 18.9. The summed E-state index contributed by atoms with van der Waals surface area (Å²) in [5.74, 6) is 1.35. The SMILES string of the molecule is Cc1cccc2ccnc(NC3CN(C(=O)OC(C)(C)C)CC[C@@H]3C)c12. The summed E-state index contributed by atoms with van der Waals surface area (Å²) < 4.78 is 5.54. The zero-order valence-corrected chi connectivity index (χ0v) is 16.4. The van der Waals surface area contributed by atoms with Crippen LogP contribution in [-0.4, -0.2) is 40.7 Å². The maximum absolute atomic E-state index is 12.4. The number of pyridine rings is 1. The van der Waals surface area contributed by atoms with Crippen molar-refractivity contribution in [3.05, 3.63) is 36.0 Å². The van der Waals surface area contributed by atoms with Gasteiger partial charge in [0, 0.05) is 30.7 Å². The number of rotatable bonds is 2. The lowest BCUT2D eigenvalue weighted by molar-refractivity contribution is 0.0176. The van der Waals surface area contributed by atoms with Crippen LogP contribution < -0.4 is 5.32 Å². The molecule has 0 saturated carbocycles. The highest BCUT2D eigenvalue weighted by molar-refractivity contribution is 5.94. The number of hydrogen-bond donors (Lipinski definition) is 1. The standard InChI is InChI=1S/C21H29N3O2/c1-14-10-12-24(20(25)26-21(3,4)5)13-17(14)23-19-18-15(2)7-6-8-16(18)9-11-22-19/h6-9,11,14,17H,10,12-13H2,1-5H3,(H,22,23)/t14-,17?/m0/s1. The molecule has 1 aromatic carbocycles. The molecule has 1 amide bonds. The fourth-order valence-corrected chi connectivity index (χ4v) is 3.44. The Morgan fingerprint density at radius 1 is 1.31 bits per heavy atom. The lowest BCUT2D eigenvalue weighted by atomic mass is 9.93. The van der Waals surface area contributed by atoms with Gasteiger partial charge in [-0.2, -0.15) is 0 Å². The van der Waals surface area contributed by atoms with Gasteiger partial charge in [0.05, 0.1) is 0 Å². The molecule has 5 nitrogen and oxygen atoms in total. The molecule has 0 radical (unpaired) electrons. The van der Waals surface area contributed by atoms with Crippen LogP contribution in [0, 0.1) is 12.8 Å². The highest BCUT2D eigenvalue weighted by Crippen LogP contribution is 2.28. The van der Waals surface area contributed by atoms with Crippen LogP contribution in [-0.2, 0) is 4.74 Å². The van der Waals surface area contributed by atoms with E-state index in [0.29, 0.717) is 12.5 Å². The predicted molar refractivity (Wildman–Crippen MR) is 105 cm³/mol. The molecule has 1 aliphatic rings. The maximum Gasteiger partial charge on any atom is 0.410 e. The number of piperidine rings is 1. The molecule has 1 saturated heterocycles. The topological polar surface area (TPSA) is 54.5 Å². The molecule has 26 heavy (non-hydrogen) atoms. The molecule has 5 heteroatoms. The van der Waals surface area contributed by atoms with Crippen molar-refractivity contribution in [3.63, 3.8) is 0 Å². The third-order valence-electron chi connectivity index (χ3n) is 4.93. The molecule has 0 bridgehead atoms. The second kappa shape index (κ2) is 7.14. The van der Waals surface area contributed by atoms with E-state index in [4.69, 9.17) is 4.74 Å². The number of carbonyl (C=O) groups is 1. The number of amides is 1. The number of aryl methyl sites for hydroxylation is 1. The molecule has 1 aliphatic heterocycles. The van der Waals surface area contributed by atoms with Crippen molar-refractivity contribution in [1.82, 2.24) is 9.88 Å². The number of anilines is 1. The van der Waals surface area contributed by atoms with E-state index in [9.17, 15) is 4.79 Å². The van der Waals surface area contributed by atoms with Gasteiger partial charge in [-0.15, -0.1) is 0 Å². The van der Waals surface area contributed by atoms with Crippen LogP contribution in [0.2, 0.25) is 0 Å². The van der Waals surface area contributed by atoms with Gasteiger partial charge >= 0.3 is 6.09 Å². The number of hydrogen-bond acceptors (Lipinski definition) is 4. The number of aromatic nitrogens is 1. The molecule has 1 aromatic heterocycles. The number of nitrogens with one attached hydrogen (secondary N) is 1. The Bertz CT molecular complexity index is 792. The Hall–Kier alpha value is -2.30. The average molecular weight is 355 g/mol. The number of likely N-dealkylation sites (tertiary alicyclic amines) is 1. The van der Waals surface area contributed by atoms with E-state index in [0.717, 1.165) is 24.2 Å². The van der Waals surface area contributed by atoms with Crippen LogP contribution in [0.25, 0.3) is 10.8 Å². The summed E-state index contributed by atoms with van der Waals surface area (Å²) in [7, 11) is 0. The molecular formula is C21H29N3O2. The van der Waals surface area contributed by atoms with E-state index in [1.807, 2.05) is 33.0 Å². The largest absolute Gasteiger partial charge is 0.444 e. The molecule has 2 aromatic rings. The summed E-state index contributed by atoms with van der Waals surface area (Å²) in [4.78, 5) is 18.8. The van der Waals surface area contributed by atoms with Crippen molar-refractivity contribution in [3.8, 4) is 0 Å². The van der Waals surface area contributed by atoms with Crippen LogP contribution in [0.3, 0.4) is 0 Å². The quantitative estimate of drug-likeness (QED) is 0.855. The monoisotopic (exact) mass is 355 g/mol. The number of ether oxygens (including phenoxy) is 1. The van der Waals surface area contributed by atoms with Gasteiger partial charge in [-0.25, -0.2) is 9.78 Å². The fourth-order valence-electron chi connectivity index (χ4n) is 3.44. The van der Waals surface area contributed by atoms with E-state index in [-0.39, 0.29) is 12.1 Å². The first-order valence-corrected chi connectivity index (χ1v) is 9.33. The van der Waals surface area contributed by atoms with Gasteiger partial charge in [-0.3, -0.25) is 0 Å². The molecule has 2 atom stereocenters. The minimum absolute atomic E-state index is 0.147. The Morgan fingerprint density at radius 2 is 2.08 bits per heavy atom. The third kappa shape index (κ3) is 4.09. The second-order valence-electron chi connectivity index (χ2n) is 8.28. The smallest absolute Gasteiger partial charge is 0.410 e. The first-order chi connectivity index (χ1) is 12.2. The van der Waals surface area contributed by atoms with Gasteiger partial charge in [-0.05, 0) is 57.0 Å². The van der Waals surface area contributed by atoms with Crippen molar-refractivity contribution in [2.24, 2.45) is 5.92 Å². The molecule has 1 N–H and O–H groups in total. The second-order valence-corrected chi connectivity index (χ2v) is 8.28. The first-order valence-electron chi connectivity index (χ1n) is 9.33. The molecule has 0 aliphatic carbocycles. The van der Waals surface area contributed by atoms with Gasteiger partial charge in [0.2, 0.25) is 0 Å². The Balaban J connectivity index is 1.80. The van der Waals surface area contributed by atoms with Crippen LogP contribution in [0.15, 0.2) is 30.5 Å². The molecule has 1 unspecified atom stereocenters. The molecule has 0 spiro atoms. The normalized spacial score (nSPS) is 20.9. The maximum atomic E-state index is 12.4. The lowest BCUT2D eigenvalue weighted by Crippen LogP contribution is -2.50.